The Balaban J connectivity index is 2.34. The number of aliphatic hydroxyl groups excluding tert-OH is 1. The fraction of sp³-hybridized carbons (Fsp3) is 0.600. The number of nitrogens with one attached hydrogen (secondary N) is 7. The number of aromatic hydroxyl groups is 2. The van der Waals surface area contributed by atoms with Gasteiger partial charge in [0.25, 0.3) is 11.8 Å². The number of phenolic OH excluding ortho intramolecular Hbond substituents is 2. The molecule has 1 aliphatic rings. The van der Waals surface area contributed by atoms with Gasteiger partial charge in [-0.3, -0.25) is 58.6 Å². The van der Waals surface area contributed by atoms with Gasteiger partial charge < -0.3 is 75.5 Å². The van der Waals surface area contributed by atoms with E-state index in [0.717, 1.165) is 19.1 Å². The van der Waals surface area contributed by atoms with Crippen molar-refractivity contribution in [3.05, 3.63) is 22.7 Å². The van der Waals surface area contributed by atoms with Gasteiger partial charge in [-0.15, -0.1) is 0 Å². The van der Waals surface area contributed by atoms with Crippen molar-refractivity contribution in [3.8, 4) is 11.5 Å². The fourth-order valence-electron chi connectivity index (χ4n) is 6.61. The smallest absolute Gasteiger partial charge is 0.268 e. The van der Waals surface area contributed by atoms with Crippen LogP contribution in [0, 0.1) is 0 Å². The van der Waals surface area contributed by atoms with E-state index in [0.29, 0.717) is 16.5 Å². The molecule has 6 atom stereocenters. The normalized spacial score (nSPS) is 15.5. The highest BCUT2D eigenvalue weighted by Gasteiger charge is 2.35. The van der Waals surface area contributed by atoms with Crippen LogP contribution in [0.3, 0.4) is 0 Å². The van der Waals surface area contributed by atoms with Crippen molar-refractivity contribution >= 4 is 70.7 Å². The van der Waals surface area contributed by atoms with Crippen LogP contribution in [-0.2, 0) is 38.4 Å². The Hall–Kier alpha value is -6.59. The summed E-state index contributed by atoms with van der Waals surface area (Å²) in [5.41, 5.74) is 21.8. The number of nitrogens with two attached hydrogens (primary N) is 4. The van der Waals surface area contributed by atoms with E-state index >= 15 is 0 Å². The molecule has 1 aromatic carbocycles. The zero-order chi connectivity index (χ0) is 51.8. The Morgan fingerprint density at radius 1 is 0.783 bits per heavy atom. The van der Waals surface area contributed by atoms with Crippen molar-refractivity contribution in [1.29, 1.82) is 0 Å². The van der Waals surface area contributed by atoms with E-state index in [9.17, 15) is 68.9 Å². The minimum atomic E-state index is -1.61. The molecule has 9 amide bonds. The van der Waals surface area contributed by atoms with Crippen LogP contribution in [0.4, 0.5) is 0 Å². The molecule has 0 bridgehead atoms. The van der Waals surface area contributed by atoms with E-state index in [1.54, 1.807) is 0 Å². The van der Waals surface area contributed by atoms with Gasteiger partial charge in [0.05, 0.1) is 23.7 Å². The molecule has 1 aromatic rings. The number of amides is 9. The average molecular weight is 1000 g/mol. The minimum Gasteiger partial charge on any atom is -0.504 e. The number of phenols is 2. The summed E-state index contributed by atoms with van der Waals surface area (Å²) in [7, 11) is 0. The van der Waals surface area contributed by atoms with E-state index in [1.807, 2.05) is 0 Å². The number of hydroxylamine groups is 4. The fourth-order valence-corrected chi connectivity index (χ4v) is 6.77. The zero-order valence-corrected chi connectivity index (χ0v) is 38.8. The van der Waals surface area contributed by atoms with Crippen LogP contribution in [0.15, 0.2) is 17.1 Å². The van der Waals surface area contributed by atoms with Crippen molar-refractivity contribution in [2.45, 2.75) is 107 Å². The lowest BCUT2D eigenvalue weighted by Crippen LogP contribution is -2.60. The molecular weight excluding hydrogens is 936 g/mol. The number of aliphatic imine (C=N–C) groups is 1. The van der Waals surface area contributed by atoms with Gasteiger partial charge in [0.2, 0.25) is 41.4 Å². The topological polar surface area (TPSA) is 462 Å². The maximum absolute atomic E-state index is 14.0. The molecule has 1 aliphatic heterocycles. The van der Waals surface area contributed by atoms with E-state index in [1.165, 1.54) is 0 Å². The van der Waals surface area contributed by atoms with Crippen molar-refractivity contribution in [1.82, 2.24) is 47.3 Å². The zero-order valence-electron chi connectivity index (χ0n) is 38.1. The molecule has 28 nitrogen and oxygen atoms in total. The lowest BCUT2D eigenvalue weighted by atomic mass is 10.0. The van der Waals surface area contributed by atoms with Crippen molar-refractivity contribution < 1.29 is 68.9 Å². The summed E-state index contributed by atoms with van der Waals surface area (Å²) >= 11 is 5.75. The number of guanidine groups is 1. The summed E-state index contributed by atoms with van der Waals surface area (Å²) in [5.74, 6) is -9.98. The number of carbonyl (C=O) groups excluding carboxylic acids is 9. The number of halogens is 1. The number of piperidine rings is 1. The Morgan fingerprint density at radius 2 is 1.29 bits per heavy atom. The van der Waals surface area contributed by atoms with Gasteiger partial charge in [0.15, 0.2) is 17.5 Å². The second kappa shape index (κ2) is 30.0. The molecule has 0 spiro atoms. The molecule has 1 saturated heterocycles. The van der Waals surface area contributed by atoms with Crippen LogP contribution in [0.5, 0.6) is 11.5 Å². The first-order valence-corrected chi connectivity index (χ1v) is 22.4. The number of rotatable bonds is 29. The highest BCUT2D eigenvalue weighted by Crippen LogP contribution is 2.35. The molecule has 29 heteroatoms. The summed E-state index contributed by atoms with van der Waals surface area (Å²) in [4.78, 5) is 122. The van der Waals surface area contributed by atoms with Gasteiger partial charge >= 0.3 is 0 Å². The highest BCUT2D eigenvalue weighted by molar-refractivity contribution is 6.32. The van der Waals surface area contributed by atoms with Crippen LogP contribution in [0.1, 0.15) is 81.5 Å². The predicted molar refractivity (Wildman–Crippen MR) is 243 cm³/mol. The van der Waals surface area contributed by atoms with Gasteiger partial charge in [0.1, 0.15) is 36.3 Å². The van der Waals surface area contributed by atoms with Gasteiger partial charge in [-0.1, -0.05) is 11.6 Å². The third-order valence-corrected chi connectivity index (χ3v) is 10.7. The van der Waals surface area contributed by atoms with Crippen LogP contribution in [0.2, 0.25) is 5.02 Å². The Morgan fingerprint density at radius 3 is 1.80 bits per heavy atom. The molecule has 0 radical (unpaired) electrons. The van der Waals surface area contributed by atoms with E-state index in [-0.39, 0.29) is 101 Å². The van der Waals surface area contributed by atoms with Gasteiger partial charge in [-0.25, -0.2) is 10.1 Å². The summed E-state index contributed by atoms with van der Waals surface area (Å²) in [6, 6.07) is -6.25. The first-order chi connectivity index (χ1) is 32.6. The van der Waals surface area contributed by atoms with Gasteiger partial charge in [-0.05, 0) is 89.4 Å². The standard InChI is InChI=1S/C40H65ClN14O14/c1-21(57)54(68)17-5-10-27(36(64)50-26(8-3-15-43)37(65)53-29(20-56)38(66)52-28-11-6-18-55(69)39(28)67)51-35(63)25(7-2-14-42)49-34(62)24(9-4-16-46-40(44)45)48-30(58)19-47-33(61)22-12-13-23(41)32(60)31(22)59/h12-13,24-29,56,59-60,68-69H,2-11,14-20,42-43H2,1H3,(H,47,61)(H,48,58)(H,49,62)(H,50,64)(H,51,63)(H,52,66)(H,53,65)(H4,44,45,46). The molecule has 1 heterocycles. The molecule has 6 unspecified atom stereocenters. The molecule has 20 N–H and O–H groups in total. The van der Waals surface area contributed by atoms with Crippen LogP contribution in [0.25, 0.3) is 0 Å². The minimum absolute atomic E-state index is 0.0178. The number of hydrogen-bond acceptors (Lipinski definition) is 17. The highest BCUT2D eigenvalue weighted by atomic mass is 35.5. The van der Waals surface area contributed by atoms with Crippen molar-refractivity contribution in [3.63, 3.8) is 0 Å². The molecule has 69 heavy (non-hydrogen) atoms. The molecule has 0 aromatic heterocycles. The second-order valence-corrected chi connectivity index (χ2v) is 16.2. The molecule has 1 fully saturated rings. The van der Waals surface area contributed by atoms with Crippen LogP contribution in [-0.4, -0.2) is 177 Å². The Kier molecular flexibility index (Phi) is 25.5. The number of aliphatic hydroxyl groups is 1. The van der Waals surface area contributed by atoms with Crippen LogP contribution >= 0.6 is 11.6 Å². The first kappa shape index (κ1) is 58.5. The quantitative estimate of drug-likeness (QED) is 0.00892. The van der Waals surface area contributed by atoms with Crippen molar-refractivity contribution in [2.75, 3.05) is 45.9 Å². The van der Waals surface area contributed by atoms with E-state index in [4.69, 9.17) is 34.5 Å². The SMILES string of the molecule is CC(=O)N(O)CCCC(NC(=O)C(CCCN)NC(=O)C(CCCN=C(N)N)NC(=O)CNC(=O)c1ccc(Cl)c(O)c1O)C(=O)NC(CCCN)C(=O)NC(CO)C(=O)NC1CCCN(O)C1=O. The maximum Gasteiger partial charge on any atom is 0.268 e. The summed E-state index contributed by atoms with van der Waals surface area (Å²) in [5, 5.41) is 67.3. The van der Waals surface area contributed by atoms with Gasteiger partial charge in [0, 0.05) is 26.6 Å². The lowest BCUT2D eigenvalue weighted by molar-refractivity contribution is -0.173. The summed E-state index contributed by atoms with van der Waals surface area (Å²) < 4.78 is 0. The Bertz CT molecular complexity index is 1990. The van der Waals surface area contributed by atoms with Crippen LogP contribution < -0.4 is 60.2 Å². The summed E-state index contributed by atoms with van der Waals surface area (Å²) in [6.07, 6.45) is 0.307. The molecule has 386 valence electrons. The number of carbonyl (C=O) groups is 9. The monoisotopic (exact) mass is 1000 g/mol. The molecule has 2 rings (SSSR count). The summed E-state index contributed by atoms with van der Waals surface area (Å²) in [6.45, 7) is -0.713. The van der Waals surface area contributed by atoms with Gasteiger partial charge in [-0.2, -0.15) is 0 Å². The Labute approximate surface area is 401 Å². The average Bonchev–Trinajstić information content (AvgIpc) is 3.30. The molecule has 0 aliphatic carbocycles. The lowest BCUT2D eigenvalue weighted by Gasteiger charge is -2.29. The van der Waals surface area contributed by atoms with Crippen molar-refractivity contribution in [2.24, 2.45) is 27.9 Å². The molecular formula is C40H65ClN14O14. The number of benzene rings is 1. The number of nitrogens with zero attached hydrogens (tertiary/aromatic N) is 3. The second-order valence-electron chi connectivity index (χ2n) is 15.8. The maximum atomic E-state index is 14.0. The first-order valence-electron chi connectivity index (χ1n) is 22.0. The third kappa shape index (κ3) is 19.9. The predicted octanol–water partition coefficient (Wildman–Crippen LogP) is -5.06. The van der Waals surface area contributed by atoms with E-state index < -0.39 is 120 Å². The third-order valence-electron chi connectivity index (χ3n) is 10.4. The largest absolute Gasteiger partial charge is 0.504 e. The number of hydrogen-bond donors (Lipinski definition) is 16. The van der Waals surface area contributed by atoms with E-state index in [2.05, 4.69) is 42.2 Å². The molecule has 0 saturated carbocycles.